The number of nitrogens with zero attached hydrogens (tertiary/aromatic N) is 1. The van der Waals surface area contributed by atoms with Crippen LogP contribution < -0.4 is 0 Å². The van der Waals surface area contributed by atoms with Gasteiger partial charge in [0.25, 0.3) is 0 Å². The molecule has 0 N–H and O–H groups in total. The fraction of sp³-hybridized carbons (Fsp3) is 0.650. The van der Waals surface area contributed by atoms with Crippen molar-refractivity contribution >= 4 is 17.7 Å². The Bertz CT molecular complexity index is 524. The van der Waals surface area contributed by atoms with Crippen LogP contribution in [-0.2, 0) is 23.9 Å². The highest BCUT2D eigenvalue weighted by atomic mass is 16.6. The van der Waals surface area contributed by atoms with Crippen LogP contribution in [0.15, 0.2) is 23.9 Å². The molecule has 0 bridgehead atoms. The van der Waals surface area contributed by atoms with Gasteiger partial charge < -0.3 is 14.4 Å². The predicted molar refractivity (Wildman–Crippen MR) is 99.4 cm³/mol. The largest absolute Gasteiger partial charge is 0.464 e. The van der Waals surface area contributed by atoms with E-state index in [9.17, 15) is 14.4 Å². The Morgan fingerprint density at radius 1 is 1.15 bits per heavy atom. The molecule has 0 saturated carbocycles. The molecule has 1 amide bonds. The van der Waals surface area contributed by atoms with Gasteiger partial charge in [-0.25, -0.2) is 4.79 Å². The number of ether oxygens (including phenoxy) is 2. The van der Waals surface area contributed by atoms with Gasteiger partial charge in [0.05, 0.1) is 13.2 Å². The zero-order valence-corrected chi connectivity index (χ0v) is 16.0. The first-order valence-electron chi connectivity index (χ1n) is 9.47. The lowest BCUT2D eigenvalue weighted by atomic mass is 10.1. The molecule has 146 valence electrons. The van der Waals surface area contributed by atoms with Crippen LogP contribution in [0, 0.1) is 0 Å². The van der Waals surface area contributed by atoms with E-state index in [-0.39, 0.29) is 30.9 Å². The van der Waals surface area contributed by atoms with Crippen molar-refractivity contribution in [2.24, 2.45) is 0 Å². The summed E-state index contributed by atoms with van der Waals surface area (Å²) in [5.41, 5.74) is 0.927. The average Bonchev–Trinajstić information content (AvgIpc) is 2.96. The topological polar surface area (TPSA) is 72.9 Å². The van der Waals surface area contributed by atoms with Crippen LogP contribution in [0.25, 0.3) is 0 Å². The molecule has 0 unspecified atom stereocenters. The second kappa shape index (κ2) is 13.3. The number of amides is 1. The Morgan fingerprint density at radius 2 is 1.96 bits per heavy atom. The van der Waals surface area contributed by atoms with Crippen LogP contribution in [0.2, 0.25) is 0 Å². The number of carbonyl (C=O) groups excluding carboxylic acids is 3. The van der Waals surface area contributed by atoms with Gasteiger partial charge in [-0.2, -0.15) is 0 Å². The monoisotopic (exact) mass is 365 g/mol. The number of hydrogen-bond acceptors (Lipinski definition) is 5. The summed E-state index contributed by atoms with van der Waals surface area (Å²) in [6, 6.07) is 0. The van der Waals surface area contributed by atoms with Crippen LogP contribution in [-0.4, -0.2) is 48.9 Å². The molecular weight excluding hydrogens is 334 g/mol. The number of Topliss-reactive ketones (excluding diaryl/α,β-unsaturated/α-hetero) is 1. The third kappa shape index (κ3) is 8.94. The number of likely N-dealkylation sites (tertiary alicyclic amines) is 1. The highest BCUT2D eigenvalue weighted by Gasteiger charge is 2.24. The van der Waals surface area contributed by atoms with Gasteiger partial charge in [-0.15, -0.1) is 0 Å². The van der Waals surface area contributed by atoms with Crippen molar-refractivity contribution in [2.45, 2.75) is 58.8 Å². The van der Waals surface area contributed by atoms with Crippen molar-refractivity contribution < 1.29 is 23.9 Å². The standard InChI is InChI=1S/C20H31NO5/c1-3-5-6-9-18(22)12-10-17-11-13-19(23)21(17)14-7-8-15-25-16-20(24)26-4-2/h7-8,10H,3-6,9,11-16H2,1-2H3. The Balaban J connectivity index is 2.35. The van der Waals surface area contributed by atoms with Crippen LogP contribution in [0.5, 0.6) is 0 Å². The molecule has 1 heterocycles. The normalized spacial score (nSPS) is 16.0. The summed E-state index contributed by atoms with van der Waals surface area (Å²) in [6.07, 6.45) is 10.8. The van der Waals surface area contributed by atoms with Crippen molar-refractivity contribution in [3.63, 3.8) is 0 Å². The van der Waals surface area contributed by atoms with Gasteiger partial charge >= 0.3 is 5.97 Å². The summed E-state index contributed by atoms with van der Waals surface area (Å²) in [6.45, 7) is 4.86. The molecule has 0 radical (unpaired) electrons. The molecule has 1 aliphatic rings. The van der Waals surface area contributed by atoms with Crippen LogP contribution >= 0.6 is 0 Å². The summed E-state index contributed by atoms with van der Waals surface area (Å²) >= 11 is 0. The van der Waals surface area contributed by atoms with E-state index in [1.54, 1.807) is 17.9 Å². The molecule has 0 atom stereocenters. The highest BCUT2D eigenvalue weighted by Crippen LogP contribution is 2.22. The molecule has 0 aliphatic carbocycles. The molecule has 0 aromatic rings. The molecule has 6 heteroatoms. The van der Waals surface area contributed by atoms with Gasteiger partial charge in [0.2, 0.25) is 5.91 Å². The van der Waals surface area contributed by atoms with Crippen molar-refractivity contribution in [1.29, 1.82) is 0 Å². The van der Waals surface area contributed by atoms with Crippen LogP contribution in [0.1, 0.15) is 58.8 Å². The molecule has 0 aromatic carbocycles. The summed E-state index contributed by atoms with van der Waals surface area (Å²) < 4.78 is 9.93. The highest BCUT2D eigenvalue weighted by molar-refractivity contribution is 5.83. The van der Waals surface area contributed by atoms with Crippen LogP contribution in [0.3, 0.4) is 0 Å². The van der Waals surface area contributed by atoms with Crippen LogP contribution in [0.4, 0.5) is 0 Å². The Morgan fingerprint density at radius 3 is 2.69 bits per heavy atom. The first-order chi connectivity index (χ1) is 12.6. The molecule has 1 fully saturated rings. The first-order valence-corrected chi connectivity index (χ1v) is 9.47. The number of hydrogen-bond donors (Lipinski definition) is 0. The summed E-state index contributed by atoms with van der Waals surface area (Å²) in [4.78, 5) is 36.7. The van der Waals surface area contributed by atoms with Crippen molar-refractivity contribution in [2.75, 3.05) is 26.4 Å². The van der Waals surface area contributed by atoms with E-state index in [1.807, 2.05) is 12.2 Å². The molecule has 26 heavy (non-hydrogen) atoms. The average molecular weight is 365 g/mol. The number of rotatable bonds is 13. The maximum Gasteiger partial charge on any atom is 0.332 e. The summed E-state index contributed by atoms with van der Waals surface area (Å²) in [5.74, 6) is -0.0793. The minimum absolute atomic E-state index is 0.0757. The lowest BCUT2D eigenvalue weighted by Gasteiger charge is -2.16. The van der Waals surface area contributed by atoms with Crippen molar-refractivity contribution in [3.8, 4) is 0 Å². The van der Waals surface area contributed by atoms with E-state index in [1.165, 1.54) is 0 Å². The lowest BCUT2D eigenvalue weighted by molar-refractivity contribution is -0.148. The molecule has 1 rings (SSSR count). The maximum atomic E-state index is 12.0. The number of carbonyl (C=O) groups is 3. The number of ketones is 1. The zero-order chi connectivity index (χ0) is 19.2. The SMILES string of the molecule is CCCCCC(=O)CC=C1CCC(=O)N1CC=CCOCC(=O)OCC. The Labute approximate surface area is 156 Å². The van der Waals surface area contributed by atoms with E-state index >= 15 is 0 Å². The van der Waals surface area contributed by atoms with Gasteiger partial charge in [0, 0.05) is 31.5 Å². The maximum absolute atomic E-state index is 12.0. The molecule has 1 aliphatic heterocycles. The van der Waals surface area contributed by atoms with Crippen molar-refractivity contribution in [3.05, 3.63) is 23.9 Å². The van der Waals surface area contributed by atoms with Gasteiger partial charge in [-0.3, -0.25) is 9.59 Å². The Hall–Kier alpha value is -1.95. The van der Waals surface area contributed by atoms with E-state index in [4.69, 9.17) is 9.47 Å². The molecular formula is C20H31NO5. The van der Waals surface area contributed by atoms with E-state index in [2.05, 4.69) is 6.92 Å². The lowest BCUT2D eigenvalue weighted by Crippen LogP contribution is -2.23. The summed E-state index contributed by atoms with van der Waals surface area (Å²) in [7, 11) is 0. The fourth-order valence-corrected chi connectivity index (χ4v) is 2.66. The first kappa shape index (κ1) is 22.1. The third-order valence-electron chi connectivity index (χ3n) is 4.06. The fourth-order valence-electron chi connectivity index (χ4n) is 2.66. The second-order valence-corrected chi connectivity index (χ2v) is 6.19. The van der Waals surface area contributed by atoms with Crippen molar-refractivity contribution in [1.82, 2.24) is 4.90 Å². The minimum Gasteiger partial charge on any atom is -0.464 e. The minimum atomic E-state index is -0.385. The molecule has 0 aromatic heterocycles. The third-order valence-corrected chi connectivity index (χ3v) is 4.06. The number of esters is 1. The van der Waals surface area contributed by atoms with E-state index < -0.39 is 0 Å². The summed E-state index contributed by atoms with van der Waals surface area (Å²) in [5, 5.41) is 0. The van der Waals surface area contributed by atoms with E-state index in [0.717, 1.165) is 25.0 Å². The number of allylic oxidation sites excluding steroid dienone is 2. The molecule has 6 nitrogen and oxygen atoms in total. The second-order valence-electron chi connectivity index (χ2n) is 6.19. The zero-order valence-electron chi connectivity index (χ0n) is 16.0. The van der Waals surface area contributed by atoms with Gasteiger partial charge in [-0.05, 0) is 19.8 Å². The molecule has 0 spiro atoms. The quantitative estimate of drug-likeness (QED) is 0.285. The number of unbranched alkanes of at least 4 members (excludes halogenated alkanes) is 2. The van der Waals surface area contributed by atoms with Gasteiger partial charge in [0.1, 0.15) is 12.4 Å². The smallest absolute Gasteiger partial charge is 0.332 e. The predicted octanol–water partition coefficient (Wildman–Crippen LogP) is 3.17. The van der Waals surface area contributed by atoms with Gasteiger partial charge in [0.15, 0.2) is 0 Å². The molecule has 1 saturated heterocycles. The Kier molecular flexibility index (Phi) is 11.3. The van der Waals surface area contributed by atoms with E-state index in [0.29, 0.717) is 38.8 Å². The van der Waals surface area contributed by atoms with Gasteiger partial charge in [-0.1, -0.05) is 38.0 Å².